The molecule has 1 heterocycles. The van der Waals surface area contributed by atoms with Crippen LogP contribution < -0.4 is 5.32 Å². The van der Waals surface area contributed by atoms with Gasteiger partial charge in [0, 0.05) is 18.1 Å². The molecule has 1 aromatic rings. The van der Waals surface area contributed by atoms with Gasteiger partial charge < -0.3 is 5.32 Å². The maximum Gasteiger partial charge on any atom is 0.231 e. The molecule has 1 aliphatic carbocycles. The van der Waals surface area contributed by atoms with E-state index in [1.54, 1.807) is 24.2 Å². The fourth-order valence-corrected chi connectivity index (χ4v) is 3.06. The second kappa shape index (κ2) is 6.58. The van der Waals surface area contributed by atoms with E-state index in [0.717, 1.165) is 37.0 Å². The first-order valence-corrected chi connectivity index (χ1v) is 7.58. The van der Waals surface area contributed by atoms with Gasteiger partial charge in [0.15, 0.2) is 0 Å². The minimum absolute atomic E-state index is 0.0441. The van der Waals surface area contributed by atoms with Crippen LogP contribution in [0.3, 0.4) is 0 Å². The molecule has 4 nitrogen and oxygen atoms in total. The maximum absolute atomic E-state index is 11.9. The molecule has 1 aromatic heterocycles. The number of pyridine rings is 1. The Kier molecular flexibility index (Phi) is 4.80. The molecule has 2 rings (SSSR count). The second-order valence-electron chi connectivity index (χ2n) is 4.80. The van der Waals surface area contributed by atoms with Gasteiger partial charge in [-0.15, -0.1) is 11.8 Å². The molecule has 0 radical (unpaired) electrons. The van der Waals surface area contributed by atoms with Crippen molar-refractivity contribution in [3.63, 3.8) is 0 Å². The van der Waals surface area contributed by atoms with Gasteiger partial charge in [0.25, 0.3) is 0 Å². The summed E-state index contributed by atoms with van der Waals surface area (Å²) in [6.45, 7) is 0. The first-order valence-electron chi connectivity index (χ1n) is 6.43. The average Bonchev–Trinajstić information content (AvgIpc) is 2.89. The zero-order valence-corrected chi connectivity index (χ0v) is 11.6. The number of nitrogens with zero attached hydrogens (tertiary/aromatic N) is 2. The summed E-state index contributed by atoms with van der Waals surface area (Å²) in [5.41, 5.74) is 0.502. The van der Waals surface area contributed by atoms with Crippen LogP contribution in [0.2, 0.25) is 0 Å². The van der Waals surface area contributed by atoms with Crippen LogP contribution in [0.4, 0.5) is 0 Å². The van der Waals surface area contributed by atoms with E-state index < -0.39 is 5.54 Å². The highest BCUT2D eigenvalue weighted by Crippen LogP contribution is 2.28. The summed E-state index contributed by atoms with van der Waals surface area (Å²) in [5, 5.41) is 12.1. The minimum Gasteiger partial charge on any atom is -0.337 e. The number of amides is 1. The number of hydrogen-bond donors (Lipinski definition) is 1. The van der Waals surface area contributed by atoms with Crippen LogP contribution >= 0.6 is 11.8 Å². The number of thioether (sulfide) groups is 1. The molecule has 0 saturated heterocycles. The summed E-state index contributed by atoms with van der Waals surface area (Å²) in [7, 11) is 0. The van der Waals surface area contributed by atoms with Crippen molar-refractivity contribution in [1.82, 2.24) is 10.3 Å². The molecule has 0 spiro atoms. The Labute approximate surface area is 117 Å². The molecule has 100 valence electrons. The molecule has 1 fully saturated rings. The predicted molar refractivity (Wildman–Crippen MR) is 75.4 cm³/mol. The van der Waals surface area contributed by atoms with Crippen LogP contribution in [0, 0.1) is 11.3 Å². The summed E-state index contributed by atoms with van der Waals surface area (Å²) in [5.74, 6) is 1.11. The normalized spacial score (nSPS) is 16.8. The van der Waals surface area contributed by atoms with E-state index in [0.29, 0.717) is 5.75 Å². The Morgan fingerprint density at radius 2 is 2.32 bits per heavy atom. The summed E-state index contributed by atoms with van der Waals surface area (Å²) >= 11 is 1.55. The molecular formula is C14H17N3OS. The van der Waals surface area contributed by atoms with Crippen LogP contribution in [0.25, 0.3) is 0 Å². The Morgan fingerprint density at radius 3 is 2.95 bits per heavy atom. The molecule has 0 aromatic carbocycles. The first kappa shape index (κ1) is 13.9. The molecule has 1 saturated carbocycles. The summed E-state index contributed by atoms with van der Waals surface area (Å²) in [6.07, 6.45) is 7.15. The zero-order chi connectivity index (χ0) is 13.6. The number of hydrogen-bond acceptors (Lipinski definition) is 4. The van der Waals surface area contributed by atoms with E-state index >= 15 is 0 Å². The lowest BCUT2D eigenvalue weighted by Gasteiger charge is -2.21. The minimum atomic E-state index is -0.605. The van der Waals surface area contributed by atoms with Gasteiger partial charge in [0.2, 0.25) is 5.91 Å². The standard InChI is InChI=1S/C14H17N3OS/c15-11-14(5-1-2-6-14)17-13(18)10-19-9-12-4-3-7-16-8-12/h3-4,7-8H,1-2,5-6,9-10H2,(H,17,18). The molecule has 0 atom stereocenters. The molecule has 0 unspecified atom stereocenters. The third kappa shape index (κ3) is 3.97. The van der Waals surface area contributed by atoms with E-state index in [9.17, 15) is 10.1 Å². The van der Waals surface area contributed by atoms with Crippen molar-refractivity contribution >= 4 is 17.7 Å². The van der Waals surface area contributed by atoms with Gasteiger partial charge >= 0.3 is 0 Å². The molecule has 1 N–H and O–H groups in total. The lowest BCUT2D eigenvalue weighted by atomic mass is 10.0. The smallest absolute Gasteiger partial charge is 0.231 e. The number of rotatable bonds is 5. The first-order chi connectivity index (χ1) is 9.24. The second-order valence-corrected chi connectivity index (χ2v) is 5.79. The van der Waals surface area contributed by atoms with E-state index in [1.807, 2.05) is 12.1 Å². The monoisotopic (exact) mass is 275 g/mol. The molecule has 0 aliphatic heterocycles. The molecule has 1 amide bonds. The molecule has 1 aliphatic rings. The Balaban J connectivity index is 1.75. The van der Waals surface area contributed by atoms with Gasteiger partial charge in [-0.1, -0.05) is 6.07 Å². The number of nitrogens with one attached hydrogen (secondary N) is 1. The Bertz CT molecular complexity index is 463. The van der Waals surface area contributed by atoms with Gasteiger partial charge in [-0.05, 0) is 37.3 Å². The third-order valence-electron chi connectivity index (χ3n) is 3.27. The molecule has 5 heteroatoms. The highest BCUT2D eigenvalue weighted by atomic mass is 32.2. The summed E-state index contributed by atoms with van der Waals surface area (Å²) in [6, 6.07) is 6.15. The van der Waals surface area contributed by atoms with Gasteiger partial charge in [-0.2, -0.15) is 5.26 Å². The van der Waals surface area contributed by atoms with Gasteiger partial charge in [0.05, 0.1) is 11.8 Å². The number of carbonyl (C=O) groups is 1. The topological polar surface area (TPSA) is 65.8 Å². The quantitative estimate of drug-likeness (QED) is 0.895. The van der Waals surface area contributed by atoms with E-state index in [1.165, 1.54) is 0 Å². The van der Waals surface area contributed by atoms with Crippen LogP contribution in [-0.4, -0.2) is 22.2 Å². The summed E-state index contributed by atoms with van der Waals surface area (Å²) < 4.78 is 0. The van der Waals surface area contributed by atoms with E-state index in [4.69, 9.17) is 0 Å². The highest BCUT2D eigenvalue weighted by molar-refractivity contribution is 7.99. The fraction of sp³-hybridized carbons (Fsp3) is 0.500. The van der Waals surface area contributed by atoms with Crippen molar-refractivity contribution < 1.29 is 4.79 Å². The SMILES string of the molecule is N#CC1(NC(=O)CSCc2cccnc2)CCCC1. The van der Waals surface area contributed by atoms with Crippen molar-refractivity contribution in [2.24, 2.45) is 0 Å². The number of carbonyl (C=O) groups excluding carboxylic acids is 1. The lowest BCUT2D eigenvalue weighted by Crippen LogP contribution is -2.45. The van der Waals surface area contributed by atoms with Crippen molar-refractivity contribution in [1.29, 1.82) is 5.26 Å². The zero-order valence-electron chi connectivity index (χ0n) is 10.8. The van der Waals surface area contributed by atoms with Gasteiger partial charge in [-0.25, -0.2) is 0 Å². The lowest BCUT2D eigenvalue weighted by molar-refractivity contribution is -0.119. The summed E-state index contributed by atoms with van der Waals surface area (Å²) in [4.78, 5) is 15.9. The van der Waals surface area contributed by atoms with Crippen molar-refractivity contribution in [3.05, 3.63) is 30.1 Å². The van der Waals surface area contributed by atoms with Gasteiger partial charge in [0.1, 0.15) is 5.54 Å². The van der Waals surface area contributed by atoms with E-state index in [2.05, 4.69) is 16.4 Å². The molecule has 0 bridgehead atoms. The van der Waals surface area contributed by atoms with Gasteiger partial charge in [-0.3, -0.25) is 9.78 Å². The third-order valence-corrected chi connectivity index (χ3v) is 4.28. The van der Waals surface area contributed by atoms with Crippen molar-refractivity contribution in [3.8, 4) is 6.07 Å². The van der Waals surface area contributed by atoms with E-state index in [-0.39, 0.29) is 5.91 Å². The van der Waals surface area contributed by atoms with Crippen LogP contribution in [-0.2, 0) is 10.5 Å². The highest BCUT2D eigenvalue weighted by Gasteiger charge is 2.35. The fourth-order valence-electron chi connectivity index (χ4n) is 2.29. The Morgan fingerprint density at radius 1 is 1.53 bits per heavy atom. The Hall–Kier alpha value is -1.54. The van der Waals surface area contributed by atoms with Crippen LogP contribution in [0.5, 0.6) is 0 Å². The number of aromatic nitrogens is 1. The maximum atomic E-state index is 11.9. The van der Waals surface area contributed by atoms with Crippen molar-refractivity contribution in [2.75, 3.05) is 5.75 Å². The number of nitriles is 1. The van der Waals surface area contributed by atoms with Crippen molar-refractivity contribution in [2.45, 2.75) is 37.0 Å². The van der Waals surface area contributed by atoms with Crippen LogP contribution in [0.1, 0.15) is 31.2 Å². The predicted octanol–water partition coefficient (Wildman–Crippen LogP) is 2.27. The molecular weight excluding hydrogens is 258 g/mol. The molecule has 19 heavy (non-hydrogen) atoms. The average molecular weight is 275 g/mol. The largest absolute Gasteiger partial charge is 0.337 e. The van der Waals surface area contributed by atoms with Crippen LogP contribution in [0.15, 0.2) is 24.5 Å².